The lowest BCUT2D eigenvalue weighted by molar-refractivity contribution is -0.129. The molecule has 1 amide bonds. The summed E-state index contributed by atoms with van der Waals surface area (Å²) in [5, 5.41) is 9.12. The largest absolute Gasteiger partial charge is 0.378 e. The number of rotatable bonds is 7. The van der Waals surface area contributed by atoms with E-state index in [4.69, 9.17) is 4.74 Å². The van der Waals surface area contributed by atoms with Gasteiger partial charge < -0.3 is 14.5 Å². The molecule has 1 aromatic heterocycles. The van der Waals surface area contributed by atoms with Gasteiger partial charge in [0.25, 0.3) is 0 Å². The number of morpholine rings is 1. The van der Waals surface area contributed by atoms with Gasteiger partial charge in [0, 0.05) is 26.7 Å². The van der Waals surface area contributed by atoms with Gasteiger partial charge in [-0.25, -0.2) is 4.39 Å². The second kappa shape index (κ2) is 10.1. The van der Waals surface area contributed by atoms with E-state index in [1.165, 1.54) is 23.9 Å². The summed E-state index contributed by atoms with van der Waals surface area (Å²) in [4.78, 5) is 16.8. The summed E-state index contributed by atoms with van der Waals surface area (Å²) in [6, 6.07) is 16.2. The van der Waals surface area contributed by atoms with Crippen molar-refractivity contribution < 1.29 is 13.9 Å². The molecule has 1 atom stereocenters. The molecule has 0 N–H and O–H groups in total. The van der Waals surface area contributed by atoms with Crippen molar-refractivity contribution >= 4 is 23.6 Å². The predicted molar refractivity (Wildman–Crippen MR) is 123 cm³/mol. The minimum Gasteiger partial charge on any atom is -0.378 e. The molecule has 4 rings (SSSR count). The van der Waals surface area contributed by atoms with Crippen LogP contribution in [0.5, 0.6) is 0 Å². The van der Waals surface area contributed by atoms with Crippen LogP contribution in [-0.2, 0) is 16.1 Å². The Hall–Kier alpha value is -2.91. The molecule has 2 aromatic carbocycles. The van der Waals surface area contributed by atoms with E-state index in [2.05, 4.69) is 15.1 Å². The average molecular weight is 456 g/mol. The summed E-state index contributed by atoms with van der Waals surface area (Å²) in [7, 11) is 1.73. The fourth-order valence-corrected chi connectivity index (χ4v) is 4.59. The highest BCUT2D eigenvalue weighted by Crippen LogP contribution is 2.30. The van der Waals surface area contributed by atoms with Crippen molar-refractivity contribution in [3.8, 4) is 5.69 Å². The van der Waals surface area contributed by atoms with E-state index in [1.54, 1.807) is 18.0 Å². The fourth-order valence-electron chi connectivity index (χ4n) is 3.62. The minimum atomic E-state index is -0.391. The van der Waals surface area contributed by atoms with Crippen molar-refractivity contribution in [2.24, 2.45) is 0 Å². The number of aromatic nitrogens is 3. The molecule has 0 aliphatic carbocycles. The Kier molecular flexibility index (Phi) is 7.06. The van der Waals surface area contributed by atoms with Gasteiger partial charge in [-0.2, -0.15) is 0 Å². The normalized spacial score (nSPS) is 14.9. The molecule has 3 aromatic rings. The Labute approximate surface area is 191 Å². The Morgan fingerprint density at radius 3 is 2.62 bits per heavy atom. The van der Waals surface area contributed by atoms with E-state index in [-0.39, 0.29) is 11.7 Å². The highest BCUT2D eigenvalue weighted by molar-refractivity contribution is 8.00. The Morgan fingerprint density at radius 1 is 1.16 bits per heavy atom. The summed E-state index contributed by atoms with van der Waals surface area (Å²) in [6.07, 6.45) is 0. The number of hydrogen-bond donors (Lipinski definition) is 0. The zero-order chi connectivity index (χ0) is 22.5. The number of benzene rings is 2. The maximum absolute atomic E-state index is 13.5. The molecule has 1 saturated heterocycles. The van der Waals surface area contributed by atoms with Gasteiger partial charge in [0.15, 0.2) is 5.16 Å². The van der Waals surface area contributed by atoms with Crippen LogP contribution in [0.25, 0.3) is 5.69 Å². The third-order valence-corrected chi connectivity index (χ3v) is 6.27. The van der Waals surface area contributed by atoms with Crippen molar-refractivity contribution in [3.05, 3.63) is 66.0 Å². The van der Waals surface area contributed by atoms with Crippen LogP contribution in [0.4, 0.5) is 10.3 Å². The molecule has 1 aliphatic rings. The summed E-state index contributed by atoms with van der Waals surface area (Å²) < 4.78 is 21.0. The Morgan fingerprint density at radius 2 is 1.91 bits per heavy atom. The number of nitrogens with zero attached hydrogens (tertiary/aromatic N) is 5. The summed E-state index contributed by atoms with van der Waals surface area (Å²) in [5.41, 5.74) is 1.69. The second-order valence-corrected chi connectivity index (χ2v) is 8.95. The topological polar surface area (TPSA) is 63.5 Å². The van der Waals surface area contributed by atoms with Gasteiger partial charge >= 0.3 is 0 Å². The third-order valence-electron chi connectivity index (χ3n) is 5.24. The zero-order valence-corrected chi connectivity index (χ0v) is 19.0. The van der Waals surface area contributed by atoms with E-state index in [9.17, 15) is 9.18 Å². The van der Waals surface area contributed by atoms with E-state index >= 15 is 0 Å². The molecule has 0 bridgehead atoms. The predicted octanol–water partition coefficient (Wildman–Crippen LogP) is 3.38. The first kappa shape index (κ1) is 22.3. The number of anilines is 1. The highest BCUT2D eigenvalue weighted by Gasteiger charge is 2.26. The molecular weight excluding hydrogens is 429 g/mol. The van der Waals surface area contributed by atoms with Gasteiger partial charge in [0.05, 0.1) is 24.2 Å². The van der Waals surface area contributed by atoms with Crippen LogP contribution in [0.1, 0.15) is 12.5 Å². The zero-order valence-electron chi connectivity index (χ0n) is 18.1. The first-order chi connectivity index (χ1) is 15.5. The maximum atomic E-state index is 13.5. The van der Waals surface area contributed by atoms with Gasteiger partial charge in [0.1, 0.15) is 5.82 Å². The quantitative estimate of drug-likeness (QED) is 0.509. The lowest BCUT2D eigenvalue weighted by Gasteiger charge is -2.28. The van der Waals surface area contributed by atoms with Gasteiger partial charge in [0.2, 0.25) is 11.9 Å². The number of para-hydroxylation sites is 1. The van der Waals surface area contributed by atoms with Crippen LogP contribution in [0.2, 0.25) is 0 Å². The molecule has 0 spiro atoms. The van der Waals surface area contributed by atoms with Crippen LogP contribution in [0.15, 0.2) is 59.8 Å². The van der Waals surface area contributed by atoms with Crippen molar-refractivity contribution in [1.29, 1.82) is 0 Å². The van der Waals surface area contributed by atoms with Crippen LogP contribution in [0.3, 0.4) is 0 Å². The summed E-state index contributed by atoms with van der Waals surface area (Å²) >= 11 is 1.37. The fraction of sp³-hybridized carbons (Fsp3) is 0.348. The number of halogens is 1. The number of hydrogen-bond acceptors (Lipinski definition) is 6. The Balaban J connectivity index is 1.54. The number of thioether (sulfide) groups is 1. The molecule has 1 fully saturated rings. The van der Waals surface area contributed by atoms with E-state index in [1.807, 2.05) is 47.9 Å². The maximum Gasteiger partial charge on any atom is 0.235 e. The molecule has 1 unspecified atom stereocenters. The highest BCUT2D eigenvalue weighted by atomic mass is 32.2. The smallest absolute Gasteiger partial charge is 0.235 e. The molecular formula is C23H26FN5O2S. The molecule has 9 heteroatoms. The van der Waals surface area contributed by atoms with Gasteiger partial charge in [-0.1, -0.05) is 42.1 Å². The van der Waals surface area contributed by atoms with Crippen molar-refractivity contribution in [2.45, 2.75) is 23.9 Å². The molecule has 7 nitrogen and oxygen atoms in total. The molecule has 0 radical (unpaired) electrons. The number of carbonyl (C=O) groups excluding carboxylic acids is 1. The number of carbonyl (C=O) groups is 1. The van der Waals surface area contributed by atoms with Crippen molar-refractivity contribution in [3.63, 3.8) is 0 Å². The first-order valence-electron chi connectivity index (χ1n) is 10.5. The SMILES string of the molecule is CC(Sc1nnc(N2CCOCC2)n1-c1ccccc1)C(=O)N(C)Cc1cccc(F)c1. The molecule has 1 aliphatic heterocycles. The Bertz CT molecular complexity index is 1060. The summed E-state index contributed by atoms with van der Waals surface area (Å²) in [5.74, 6) is 0.377. The standard InChI is InChI=1S/C23H26FN5O2S/c1-17(21(30)27(2)16-18-7-6-8-19(24)15-18)32-23-26-25-22(28-11-13-31-14-12-28)29(23)20-9-4-3-5-10-20/h3-10,15,17H,11-14,16H2,1-2H3. The molecule has 2 heterocycles. The second-order valence-electron chi connectivity index (χ2n) is 7.64. The molecule has 168 valence electrons. The van der Waals surface area contributed by atoms with E-state index < -0.39 is 5.25 Å². The number of amides is 1. The van der Waals surface area contributed by atoms with Gasteiger partial charge in [-0.05, 0) is 36.8 Å². The van der Waals surface area contributed by atoms with Crippen LogP contribution in [-0.4, -0.2) is 64.2 Å². The lowest BCUT2D eigenvalue weighted by atomic mass is 10.2. The first-order valence-corrected chi connectivity index (χ1v) is 11.4. The average Bonchev–Trinajstić information content (AvgIpc) is 3.23. The minimum absolute atomic E-state index is 0.0604. The van der Waals surface area contributed by atoms with E-state index in [0.29, 0.717) is 24.9 Å². The number of ether oxygens (including phenoxy) is 1. The van der Waals surface area contributed by atoms with Crippen molar-refractivity contribution in [2.75, 3.05) is 38.3 Å². The van der Waals surface area contributed by atoms with Crippen LogP contribution >= 0.6 is 11.8 Å². The lowest BCUT2D eigenvalue weighted by Crippen LogP contribution is -2.38. The molecule has 32 heavy (non-hydrogen) atoms. The molecule has 0 saturated carbocycles. The van der Waals surface area contributed by atoms with Crippen LogP contribution < -0.4 is 4.90 Å². The third kappa shape index (κ3) is 5.11. The van der Waals surface area contributed by atoms with E-state index in [0.717, 1.165) is 30.3 Å². The van der Waals surface area contributed by atoms with Crippen molar-refractivity contribution in [1.82, 2.24) is 19.7 Å². The summed E-state index contributed by atoms with van der Waals surface area (Å²) in [6.45, 7) is 4.95. The van der Waals surface area contributed by atoms with Gasteiger partial charge in [-0.3, -0.25) is 9.36 Å². The van der Waals surface area contributed by atoms with Gasteiger partial charge in [-0.15, -0.1) is 10.2 Å². The monoisotopic (exact) mass is 455 g/mol. The van der Waals surface area contributed by atoms with Crippen LogP contribution in [0, 0.1) is 5.82 Å².